The third kappa shape index (κ3) is 4.97. The van der Waals surface area contributed by atoms with Crippen molar-refractivity contribution in [2.24, 2.45) is 0 Å². The molecule has 1 amide bonds. The zero-order valence-electron chi connectivity index (χ0n) is 15.7. The zero-order valence-corrected chi connectivity index (χ0v) is 16.5. The van der Waals surface area contributed by atoms with Crippen molar-refractivity contribution in [1.29, 1.82) is 0 Å². The first-order valence-electron chi connectivity index (χ1n) is 9.08. The van der Waals surface area contributed by atoms with Gasteiger partial charge in [0, 0.05) is 31.2 Å². The van der Waals surface area contributed by atoms with Crippen LogP contribution in [0.3, 0.4) is 0 Å². The molecule has 1 unspecified atom stereocenters. The number of hydrogen-bond donors (Lipinski definition) is 1. The first kappa shape index (κ1) is 19.8. The molecule has 1 N–H and O–H groups in total. The molecule has 0 saturated carbocycles. The van der Waals surface area contributed by atoms with E-state index in [0.717, 1.165) is 5.69 Å². The number of para-hydroxylation sites is 1. The first-order valence-corrected chi connectivity index (χ1v) is 10.9. The van der Waals surface area contributed by atoms with Crippen LogP contribution in [0.1, 0.15) is 50.7 Å². The van der Waals surface area contributed by atoms with Gasteiger partial charge in [-0.15, -0.1) is 0 Å². The van der Waals surface area contributed by atoms with E-state index < -0.39 is 9.84 Å². The van der Waals surface area contributed by atoms with Gasteiger partial charge in [-0.2, -0.15) is 0 Å². The summed E-state index contributed by atoms with van der Waals surface area (Å²) in [7, 11) is -2.98. The summed E-state index contributed by atoms with van der Waals surface area (Å²) < 4.78 is 23.3. The van der Waals surface area contributed by atoms with Crippen LogP contribution in [0, 0.1) is 6.92 Å². The van der Waals surface area contributed by atoms with Crippen LogP contribution in [0.25, 0.3) is 0 Å². The van der Waals surface area contributed by atoms with Gasteiger partial charge >= 0.3 is 0 Å². The van der Waals surface area contributed by atoms with Crippen molar-refractivity contribution in [1.82, 2.24) is 4.90 Å². The molecule has 1 saturated heterocycles. The summed E-state index contributed by atoms with van der Waals surface area (Å²) in [5.74, 6) is 0.737. The summed E-state index contributed by atoms with van der Waals surface area (Å²) in [6.45, 7) is 9.40. The van der Waals surface area contributed by atoms with Crippen LogP contribution in [-0.4, -0.2) is 49.9 Å². The standard InChI is InChI=1S/C19H30N2O3S/c1-5-21(16-10-12-25(23,24)13-16)18(22)9-11-20-19-15(4)7-6-8-17(19)14(2)3/h6-8,14,16,20H,5,9-13H2,1-4H3. The van der Waals surface area contributed by atoms with Crippen LogP contribution in [0.15, 0.2) is 18.2 Å². The maximum atomic E-state index is 12.6. The topological polar surface area (TPSA) is 66.5 Å². The Labute approximate surface area is 151 Å². The summed E-state index contributed by atoms with van der Waals surface area (Å²) in [4.78, 5) is 14.3. The van der Waals surface area contributed by atoms with Gasteiger partial charge in [-0.3, -0.25) is 4.79 Å². The quantitative estimate of drug-likeness (QED) is 0.806. The molecule has 0 spiro atoms. The van der Waals surface area contributed by atoms with E-state index in [1.54, 1.807) is 4.90 Å². The van der Waals surface area contributed by atoms with Crippen molar-refractivity contribution in [3.05, 3.63) is 29.3 Å². The molecular weight excluding hydrogens is 336 g/mol. The predicted molar refractivity (Wildman–Crippen MR) is 103 cm³/mol. The summed E-state index contributed by atoms with van der Waals surface area (Å²) >= 11 is 0. The van der Waals surface area contributed by atoms with E-state index >= 15 is 0 Å². The molecule has 0 bridgehead atoms. The van der Waals surface area contributed by atoms with Gasteiger partial charge in [0.1, 0.15) is 0 Å². The van der Waals surface area contributed by atoms with Crippen LogP contribution in [0.2, 0.25) is 0 Å². The molecule has 0 radical (unpaired) electrons. The third-order valence-electron chi connectivity index (χ3n) is 4.88. The lowest BCUT2D eigenvalue weighted by Gasteiger charge is -2.27. The Balaban J connectivity index is 1.96. The maximum Gasteiger partial charge on any atom is 0.224 e. The van der Waals surface area contributed by atoms with Gasteiger partial charge in [-0.05, 0) is 37.3 Å². The fourth-order valence-electron chi connectivity index (χ4n) is 3.51. The predicted octanol–water partition coefficient (Wildman–Crippen LogP) is 2.96. The van der Waals surface area contributed by atoms with Crippen molar-refractivity contribution >= 4 is 21.4 Å². The van der Waals surface area contributed by atoms with Gasteiger partial charge < -0.3 is 10.2 Å². The van der Waals surface area contributed by atoms with Gasteiger partial charge in [-0.25, -0.2) is 8.42 Å². The molecule has 2 rings (SSSR count). The molecule has 1 aliphatic rings. The lowest BCUT2D eigenvalue weighted by atomic mass is 9.98. The summed E-state index contributed by atoms with van der Waals surface area (Å²) in [5.41, 5.74) is 3.53. The molecular formula is C19H30N2O3S. The lowest BCUT2D eigenvalue weighted by Crippen LogP contribution is -2.41. The van der Waals surface area contributed by atoms with Gasteiger partial charge in [-0.1, -0.05) is 32.0 Å². The Hall–Kier alpha value is -1.56. The Bertz CT molecular complexity index is 713. The normalized spacial score (nSPS) is 19.2. The summed E-state index contributed by atoms with van der Waals surface area (Å²) in [6, 6.07) is 6.08. The Kier molecular flexibility index (Phi) is 6.49. The highest BCUT2D eigenvalue weighted by Crippen LogP contribution is 2.27. The minimum atomic E-state index is -2.98. The molecule has 0 aliphatic carbocycles. The van der Waals surface area contributed by atoms with Gasteiger partial charge in [0.2, 0.25) is 5.91 Å². The van der Waals surface area contributed by atoms with E-state index in [-0.39, 0.29) is 23.5 Å². The molecule has 1 fully saturated rings. The van der Waals surface area contributed by atoms with E-state index in [1.165, 1.54) is 11.1 Å². The van der Waals surface area contributed by atoms with E-state index in [2.05, 4.69) is 44.3 Å². The minimum Gasteiger partial charge on any atom is -0.384 e. The number of hydrogen-bond acceptors (Lipinski definition) is 4. The Morgan fingerprint density at radius 3 is 2.64 bits per heavy atom. The highest BCUT2D eigenvalue weighted by Gasteiger charge is 2.33. The Morgan fingerprint density at radius 1 is 1.36 bits per heavy atom. The molecule has 140 valence electrons. The van der Waals surface area contributed by atoms with Gasteiger partial charge in [0.15, 0.2) is 9.84 Å². The molecule has 25 heavy (non-hydrogen) atoms. The number of sulfone groups is 1. The van der Waals surface area contributed by atoms with E-state index in [0.29, 0.717) is 31.8 Å². The second kappa shape index (κ2) is 8.21. The molecule has 1 heterocycles. The average molecular weight is 367 g/mol. The van der Waals surface area contributed by atoms with E-state index in [1.807, 2.05) is 6.92 Å². The molecule has 5 nitrogen and oxygen atoms in total. The average Bonchev–Trinajstić information content (AvgIpc) is 2.89. The van der Waals surface area contributed by atoms with E-state index in [4.69, 9.17) is 0 Å². The second-order valence-corrected chi connectivity index (χ2v) is 9.34. The summed E-state index contributed by atoms with van der Waals surface area (Å²) in [6.07, 6.45) is 0.931. The number of carbonyl (C=O) groups excluding carboxylic acids is 1. The van der Waals surface area contributed by atoms with Crippen molar-refractivity contribution in [3.63, 3.8) is 0 Å². The van der Waals surface area contributed by atoms with Gasteiger partial charge in [0.25, 0.3) is 0 Å². The monoisotopic (exact) mass is 366 g/mol. The van der Waals surface area contributed by atoms with Crippen LogP contribution < -0.4 is 5.32 Å². The highest BCUT2D eigenvalue weighted by molar-refractivity contribution is 7.91. The first-order chi connectivity index (χ1) is 11.7. The molecule has 0 aromatic heterocycles. The zero-order chi connectivity index (χ0) is 18.6. The smallest absolute Gasteiger partial charge is 0.224 e. The number of rotatable bonds is 7. The number of aryl methyl sites for hydroxylation is 1. The number of nitrogens with zero attached hydrogens (tertiary/aromatic N) is 1. The molecule has 1 atom stereocenters. The van der Waals surface area contributed by atoms with Crippen LogP contribution in [0.4, 0.5) is 5.69 Å². The number of anilines is 1. The van der Waals surface area contributed by atoms with Crippen molar-refractivity contribution < 1.29 is 13.2 Å². The lowest BCUT2D eigenvalue weighted by molar-refractivity contribution is -0.132. The fourth-order valence-corrected chi connectivity index (χ4v) is 5.24. The molecule has 6 heteroatoms. The van der Waals surface area contributed by atoms with Crippen molar-refractivity contribution in [3.8, 4) is 0 Å². The SMILES string of the molecule is CCN(C(=O)CCNc1c(C)cccc1C(C)C)C1CCS(=O)(=O)C1. The largest absolute Gasteiger partial charge is 0.384 e. The maximum absolute atomic E-state index is 12.6. The highest BCUT2D eigenvalue weighted by atomic mass is 32.2. The summed E-state index contributed by atoms with van der Waals surface area (Å²) in [5, 5.41) is 3.41. The minimum absolute atomic E-state index is 0.0248. The molecule has 1 aliphatic heterocycles. The van der Waals surface area contributed by atoms with Crippen LogP contribution >= 0.6 is 0 Å². The third-order valence-corrected chi connectivity index (χ3v) is 6.63. The van der Waals surface area contributed by atoms with Crippen LogP contribution in [-0.2, 0) is 14.6 Å². The second-order valence-electron chi connectivity index (χ2n) is 7.11. The fraction of sp³-hybridized carbons (Fsp3) is 0.632. The Morgan fingerprint density at radius 2 is 2.08 bits per heavy atom. The van der Waals surface area contributed by atoms with Crippen molar-refractivity contribution in [2.45, 2.75) is 52.5 Å². The molecule has 1 aromatic rings. The number of amides is 1. The van der Waals surface area contributed by atoms with Crippen molar-refractivity contribution in [2.75, 3.05) is 29.9 Å². The van der Waals surface area contributed by atoms with E-state index in [9.17, 15) is 13.2 Å². The van der Waals surface area contributed by atoms with Crippen LogP contribution in [0.5, 0.6) is 0 Å². The number of nitrogens with one attached hydrogen (secondary N) is 1. The number of benzene rings is 1. The number of carbonyl (C=O) groups is 1. The molecule has 1 aromatic carbocycles. The van der Waals surface area contributed by atoms with Gasteiger partial charge in [0.05, 0.1) is 11.5 Å².